The zero-order chi connectivity index (χ0) is 16.7. The fourth-order valence-electron chi connectivity index (χ4n) is 2.33. The molecule has 0 spiro atoms. The van der Waals surface area contributed by atoms with Crippen LogP contribution >= 0.6 is 24.0 Å². The Morgan fingerprint density at radius 2 is 1.61 bits per heavy atom. The second-order valence-electron chi connectivity index (χ2n) is 5.80. The standard InChI is InChI=1S/C19H24N2S2/c1-14-4-6-17(7-5-14)13-23-9-8-20-19(22)21-18-11-15(2)10-16(3)12-18/h4-7,10-12H,8-9,13H2,1-3H3,(H2,20,21,22). The molecule has 0 aromatic heterocycles. The maximum absolute atomic E-state index is 5.35. The zero-order valence-electron chi connectivity index (χ0n) is 14.0. The van der Waals surface area contributed by atoms with Gasteiger partial charge in [0.1, 0.15) is 0 Å². The Morgan fingerprint density at radius 1 is 0.957 bits per heavy atom. The Hall–Kier alpha value is -1.52. The van der Waals surface area contributed by atoms with Crippen LogP contribution in [-0.2, 0) is 5.75 Å². The van der Waals surface area contributed by atoms with Crippen molar-refractivity contribution in [3.05, 3.63) is 64.7 Å². The van der Waals surface area contributed by atoms with Crippen LogP contribution in [0.15, 0.2) is 42.5 Å². The normalized spacial score (nSPS) is 10.4. The quantitative estimate of drug-likeness (QED) is 0.579. The smallest absolute Gasteiger partial charge is 0.170 e. The van der Waals surface area contributed by atoms with Crippen molar-refractivity contribution < 1.29 is 0 Å². The van der Waals surface area contributed by atoms with E-state index in [-0.39, 0.29) is 0 Å². The van der Waals surface area contributed by atoms with Gasteiger partial charge in [0.05, 0.1) is 0 Å². The lowest BCUT2D eigenvalue weighted by atomic mass is 10.1. The molecule has 0 heterocycles. The number of hydrogen-bond donors (Lipinski definition) is 2. The highest BCUT2D eigenvalue weighted by molar-refractivity contribution is 7.98. The first-order valence-electron chi connectivity index (χ1n) is 7.79. The summed E-state index contributed by atoms with van der Waals surface area (Å²) in [5.41, 5.74) is 6.21. The van der Waals surface area contributed by atoms with E-state index in [4.69, 9.17) is 12.2 Å². The molecule has 2 nitrogen and oxygen atoms in total. The summed E-state index contributed by atoms with van der Waals surface area (Å²) in [7, 11) is 0. The van der Waals surface area contributed by atoms with Gasteiger partial charge in [0.25, 0.3) is 0 Å². The van der Waals surface area contributed by atoms with Gasteiger partial charge < -0.3 is 10.6 Å². The number of aryl methyl sites for hydroxylation is 3. The topological polar surface area (TPSA) is 24.1 Å². The van der Waals surface area contributed by atoms with Crippen LogP contribution in [0.4, 0.5) is 5.69 Å². The van der Waals surface area contributed by atoms with Crippen LogP contribution in [0.3, 0.4) is 0 Å². The molecule has 2 aromatic carbocycles. The summed E-state index contributed by atoms with van der Waals surface area (Å²) in [6, 6.07) is 15.1. The van der Waals surface area contributed by atoms with E-state index in [1.54, 1.807) is 0 Å². The van der Waals surface area contributed by atoms with Crippen LogP contribution in [0.1, 0.15) is 22.3 Å². The minimum absolute atomic E-state index is 0.686. The van der Waals surface area contributed by atoms with Crippen molar-refractivity contribution in [1.82, 2.24) is 5.32 Å². The third-order valence-electron chi connectivity index (χ3n) is 3.40. The summed E-state index contributed by atoms with van der Waals surface area (Å²) in [5, 5.41) is 7.20. The number of benzene rings is 2. The van der Waals surface area contributed by atoms with Crippen molar-refractivity contribution in [1.29, 1.82) is 0 Å². The molecule has 0 radical (unpaired) electrons. The van der Waals surface area contributed by atoms with Crippen molar-refractivity contribution in [2.24, 2.45) is 0 Å². The van der Waals surface area contributed by atoms with Crippen molar-refractivity contribution in [2.75, 3.05) is 17.6 Å². The fourth-order valence-corrected chi connectivity index (χ4v) is 3.37. The third-order valence-corrected chi connectivity index (χ3v) is 4.68. The molecule has 4 heteroatoms. The molecular formula is C19H24N2S2. The van der Waals surface area contributed by atoms with E-state index in [0.717, 1.165) is 23.7 Å². The Balaban J connectivity index is 1.65. The van der Waals surface area contributed by atoms with E-state index in [0.29, 0.717) is 5.11 Å². The summed E-state index contributed by atoms with van der Waals surface area (Å²) in [5.74, 6) is 2.07. The molecular weight excluding hydrogens is 320 g/mol. The molecule has 2 rings (SSSR count). The molecule has 2 aromatic rings. The van der Waals surface area contributed by atoms with Crippen molar-refractivity contribution in [3.63, 3.8) is 0 Å². The van der Waals surface area contributed by atoms with Gasteiger partial charge in [0.2, 0.25) is 0 Å². The van der Waals surface area contributed by atoms with Crippen molar-refractivity contribution in [3.8, 4) is 0 Å². The van der Waals surface area contributed by atoms with Gasteiger partial charge in [0, 0.05) is 23.7 Å². The lowest BCUT2D eigenvalue weighted by Gasteiger charge is -2.11. The van der Waals surface area contributed by atoms with Gasteiger partial charge in [-0.05, 0) is 61.8 Å². The van der Waals surface area contributed by atoms with Crippen LogP contribution < -0.4 is 10.6 Å². The second-order valence-corrected chi connectivity index (χ2v) is 7.31. The summed E-state index contributed by atoms with van der Waals surface area (Å²) in [6.45, 7) is 7.17. The molecule has 0 bridgehead atoms. The third kappa shape index (κ3) is 6.63. The largest absolute Gasteiger partial charge is 0.362 e. The van der Waals surface area contributed by atoms with Gasteiger partial charge in [-0.2, -0.15) is 11.8 Å². The Morgan fingerprint density at radius 3 is 2.26 bits per heavy atom. The van der Waals surface area contributed by atoms with Crippen molar-refractivity contribution in [2.45, 2.75) is 26.5 Å². The maximum Gasteiger partial charge on any atom is 0.170 e. The molecule has 23 heavy (non-hydrogen) atoms. The number of anilines is 1. The lowest BCUT2D eigenvalue weighted by molar-refractivity contribution is 0.989. The highest BCUT2D eigenvalue weighted by Crippen LogP contribution is 2.14. The average Bonchev–Trinajstić information content (AvgIpc) is 2.47. The molecule has 0 saturated heterocycles. The Bertz CT molecular complexity index is 631. The van der Waals surface area contributed by atoms with Gasteiger partial charge in [0.15, 0.2) is 5.11 Å². The van der Waals surface area contributed by atoms with E-state index in [1.165, 1.54) is 22.3 Å². The molecule has 0 amide bonds. The first-order chi connectivity index (χ1) is 11.0. The number of thioether (sulfide) groups is 1. The maximum atomic E-state index is 5.35. The predicted octanol–water partition coefficient (Wildman–Crippen LogP) is 4.83. The van der Waals surface area contributed by atoms with E-state index in [1.807, 2.05) is 11.8 Å². The van der Waals surface area contributed by atoms with E-state index in [9.17, 15) is 0 Å². The highest BCUT2D eigenvalue weighted by Gasteiger charge is 2.00. The molecule has 0 atom stereocenters. The van der Waals surface area contributed by atoms with Crippen LogP contribution in [0.25, 0.3) is 0 Å². The van der Waals surface area contributed by atoms with Gasteiger partial charge >= 0.3 is 0 Å². The van der Waals surface area contributed by atoms with Gasteiger partial charge in [-0.1, -0.05) is 35.9 Å². The Kier molecular flexibility index (Phi) is 6.93. The molecule has 0 aliphatic rings. The van der Waals surface area contributed by atoms with Gasteiger partial charge in [-0.3, -0.25) is 0 Å². The fraction of sp³-hybridized carbons (Fsp3) is 0.316. The summed E-state index contributed by atoms with van der Waals surface area (Å²) in [6.07, 6.45) is 0. The van der Waals surface area contributed by atoms with E-state index < -0.39 is 0 Å². The number of nitrogens with one attached hydrogen (secondary N) is 2. The molecule has 0 aliphatic carbocycles. The molecule has 0 saturated carbocycles. The van der Waals surface area contributed by atoms with Crippen LogP contribution in [-0.4, -0.2) is 17.4 Å². The second kappa shape index (κ2) is 8.94. The van der Waals surface area contributed by atoms with E-state index in [2.05, 4.69) is 73.9 Å². The predicted molar refractivity (Wildman–Crippen MR) is 107 cm³/mol. The first kappa shape index (κ1) is 17.8. The first-order valence-corrected chi connectivity index (χ1v) is 9.35. The van der Waals surface area contributed by atoms with Gasteiger partial charge in [-0.15, -0.1) is 0 Å². The zero-order valence-corrected chi connectivity index (χ0v) is 15.6. The van der Waals surface area contributed by atoms with E-state index >= 15 is 0 Å². The molecule has 0 fully saturated rings. The molecule has 122 valence electrons. The summed E-state index contributed by atoms with van der Waals surface area (Å²) in [4.78, 5) is 0. The summed E-state index contributed by atoms with van der Waals surface area (Å²) >= 11 is 7.26. The Labute approximate surface area is 149 Å². The molecule has 2 N–H and O–H groups in total. The minimum atomic E-state index is 0.686. The number of thiocarbonyl (C=S) groups is 1. The van der Waals surface area contributed by atoms with Crippen molar-refractivity contribution >= 4 is 34.8 Å². The summed E-state index contributed by atoms with van der Waals surface area (Å²) < 4.78 is 0. The minimum Gasteiger partial charge on any atom is -0.362 e. The SMILES string of the molecule is Cc1ccc(CSCCNC(=S)Nc2cc(C)cc(C)c2)cc1. The average molecular weight is 345 g/mol. The highest BCUT2D eigenvalue weighted by atomic mass is 32.2. The van der Waals surface area contributed by atoms with Gasteiger partial charge in [-0.25, -0.2) is 0 Å². The van der Waals surface area contributed by atoms with Crippen LogP contribution in [0.5, 0.6) is 0 Å². The van der Waals surface area contributed by atoms with Crippen LogP contribution in [0.2, 0.25) is 0 Å². The monoisotopic (exact) mass is 344 g/mol. The molecule has 0 unspecified atom stereocenters. The molecule has 0 aliphatic heterocycles. The number of hydrogen-bond acceptors (Lipinski definition) is 2. The lowest BCUT2D eigenvalue weighted by Crippen LogP contribution is -2.30. The van der Waals surface area contributed by atoms with Crippen LogP contribution in [0, 0.1) is 20.8 Å². The number of rotatable bonds is 6.